The molecule has 10 rings (SSSR count). The molecule has 0 saturated carbocycles. The van der Waals surface area contributed by atoms with Crippen molar-refractivity contribution < 1.29 is 8.83 Å². The molecular weight excluding hydrogens is 601 g/mol. The van der Waals surface area contributed by atoms with Crippen LogP contribution in [0.5, 0.6) is 0 Å². The minimum absolute atomic E-state index is 0.584. The molecule has 4 heteroatoms. The molecule has 0 aliphatic heterocycles. The molecule has 8 aromatic carbocycles. The standard InChI is InChI=1S/C45H28N2O2/c1-2-12-34(13-3-1)47(35-22-19-30(20-23-35)33-18-17-29-9-4-5-11-32(29)27-33)36-24-25-38-42(28-36)48-41-16-8-15-39(43(38)41)45-46-40-26-21-31-10-6-7-14-37(31)44(40)49-45/h1-28H. The number of rotatable bonds is 5. The van der Waals surface area contributed by atoms with Crippen LogP contribution in [0.2, 0.25) is 0 Å². The van der Waals surface area contributed by atoms with E-state index in [2.05, 4.69) is 138 Å². The van der Waals surface area contributed by atoms with Gasteiger partial charge in [0.2, 0.25) is 5.89 Å². The SMILES string of the molecule is c1ccc(N(c2ccc(-c3ccc4ccccc4c3)cc2)c2ccc3c(c2)oc2cccc(-c4nc5ccc6ccccc6c5o4)c23)cc1. The number of para-hydroxylation sites is 1. The first-order valence-corrected chi connectivity index (χ1v) is 16.5. The molecule has 0 atom stereocenters. The van der Waals surface area contributed by atoms with E-state index < -0.39 is 0 Å². The van der Waals surface area contributed by atoms with Gasteiger partial charge in [0.05, 0.1) is 0 Å². The number of anilines is 3. The lowest BCUT2D eigenvalue weighted by atomic mass is 10.0. The first kappa shape index (κ1) is 27.5. The van der Waals surface area contributed by atoms with Crippen LogP contribution in [0.1, 0.15) is 0 Å². The lowest BCUT2D eigenvalue weighted by Gasteiger charge is -2.25. The van der Waals surface area contributed by atoms with E-state index in [0.717, 1.165) is 66.4 Å². The van der Waals surface area contributed by atoms with E-state index in [9.17, 15) is 0 Å². The molecular formula is C45H28N2O2. The zero-order chi connectivity index (χ0) is 32.3. The molecule has 0 N–H and O–H groups in total. The molecule has 0 saturated heterocycles. The second-order valence-electron chi connectivity index (χ2n) is 12.4. The second kappa shape index (κ2) is 11.0. The van der Waals surface area contributed by atoms with Gasteiger partial charge in [-0.05, 0) is 87.9 Å². The van der Waals surface area contributed by atoms with Gasteiger partial charge in [0.1, 0.15) is 16.7 Å². The normalized spacial score (nSPS) is 11.7. The summed E-state index contributed by atoms with van der Waals surface area (Å²) in [6.07, 6.45) is 0. The van der Waals surface area contributed by atoms with Crippen molar-refractivity contribution in [3.63, 3.8) is 0 Å². The average Bonchev–Trinajstić information content (AvgIpc) is 3.77. The van der Waals surface area contributed by atoms with Crippen molar-refractivity contribution in [1.82, 2.24) is 4.98 Å². The second-order valence-corrected chi connectivity index (χ2v) is 12.4. The van der Waals surface area contributed by atoms with Crippen LogP contribution in [0.3, 0.4) is 0 Å². The van der Waals surface area contributed by atoms with Gasteiger partial charge in [0, 0.05) is 44.9 Å². The van der Waals surface area contributed by atoms with Gasteiger partial charge < -0.3 is 13.7 Å². The number of aromatic nitrogens is 1. The molecule has 0 spiro atoms. The number of furan rings is 1. The van der Waals surface area contributed by atoms with Crippen LogP contribution in [-0.4, -0.2) is 4.98 Å². The van der Waals surface area contributed by atoms with E-state index in [-0.39, 0.29) is 0 Å². The molecule has 0 fully saturated rings. The zero-order valence-corrected chi connectivity index (χ0v) is 26.4. The van der Waals surface area contributed by atoms with Crippen LogP contribution in [0.25, 0.3) is 77.2 Å². The molecule has 49 heavy (non-hydrogen) atoms. The highest BCUT2D eigenvalue weighted by Crippen LogP contribution is 2.42. The number of nitrogens with zero attached hydrogens (tertiary/aromatic N) is 2. The van der Waals surface area contributed by atoms with Crippen molar-refractivity contribution >= 4 is 71.6 Å². The predicted molar refractivity (Wildman–Crippen MR) is 202 cm³/mol. The first-order valence-electron chi connectivity index (χ1n) is 16.5. The Kier molecular flexibility index (Phi) is 6.15. The molecule has 0 aliphatic rings. The van der Waals surface area contributed by atoms with Crippen LogP contribution >= 0.6 is 0 Å². The molecule has 0 bridgehead atoms. The molecule has 0 radical (unpaired) electrons. The van der Waals surface area contributed by atoms with E-state index in [4.69, 9.17) is 13.8 Å². The number of fused-ring (bicyclic) bond motifs is 7. The molecule has 2 heterocycles. The van der Waals surface area contributed by atoms with Crippen LogP contribution in [-0.2, 0) is 0 Å². The summed E-state index contributed by atoms with van der Waals surface area (Å²) in [5, 5.41) is 6.67. The highest BCUT2D eigenvalue weighted by molar-refractivity contribution is 6.13. The van der Waals surface area contributed by atoms with Gasteiger partial charge in [-0.2, -0.15) is 0 Å². The van der Waals surface area contributed by atoms with E-state index >= 15 is 0 Å². The van der Waals surface area contributed by atoms with Crippen molar-refractivity contribution in [1.29, 1.82) is 0 Å². The zero-order valence-electron chi connectivity index (χ0n) is 26.4. The van der Waals surface area contributed by atoms with Gasteiger partial charge in [-0.3, -0.25) is 0 Å². The summed E-state index contributed by atoms with van der Waals surface area (Å²) < 4.78 is 13.0. The molecule has 0 amide bonds. The molecule has 0 unspecified atom stereocenters. The van der Waals surface area contributed by atoms with Gasteiger partial charge in [-0.1, -0.05) is 103 Å². The van der Waals surface area contributed by atoms with Gasteiger partial charge >= 0.3 is 0 Å². The van der Waals surface area contributed by atoms with Gasteiger partial charge in [-0.15, -0.1) is 0 Å². The fourth-order valence-electron chi connectivity index (χ4n) is 7.10. The Morgan fingerprint density at radius 3 is 2.02 bits per heavy atom. The van der Waals surface area contributed by atoms with Crippen LogP contribution < -0.4 is 4.90 Å². The Morgan fingerprint density at radius 1 is 0.429 bits per heavy atom. The molecule has 2 aromatic heterocycles. The van der Waals surface area contributed by atoms with E-state index in [1.54, 1.807) is 0 Å². The summed E-state index contributed by atoms with van der Waals surface area (Å²) in [6, 6.07) is 59.2. The Labute approximate surface area is 282 Å². The third-order valence-corrected chi connectivity index (χ3v) is 9.47. The number of benzene rings is 8. The molecule has 4 nitrogen and oxygen atoms in total. The number of oxazole rings is 1. The average molecular weight is 629 g/mol. The Morgan fingerprint density at radius 2 is 1.14 bits per heavy atom. The van der Waals surface area contributed by atoms with Crippen LogP contribution in [0.4, 0.5) is 17.1 Å². The predicted octanol–water partition coefficient (Wildman–Crippen LogP) is 12.8. The van der Waals surface area contributed by atoms with Crippen molar-refractivity contribution in [2.24, 2.45) is 0 Å². The molecule has 0 aliphatic carbocycles. The Bertz CT molecular complexity index is 2830. The Balaban J connectivity index is 1.07. The summed E-state index contributed by atoms with van der Waals surface area (Å²) in [5.74, 6) is 0.584. The summed E-state index contributed by atoms with van der Waals surface area (Å²) >= 11 is 0. The quantitative estimate of drug-likeness (QED) is 0.190. The van der Waals surface area contributed by atoms with E-state index in [0.29, 0.717) is 5.89 Å². The minimum atomic E-state index is 0.584. The third kappa shape index (κ3) is 4.57. The maximum absolute atomic E-state index is 6.54. The third-order valence-electron chi connectivity index (χ3n) is 9.47. The highest BCUT2D eigenvalue weighted by Gasteiger charge is 2.20. The number of hydrogen-bond donors (Lipinski definition) is 0. The maximum atomic E-state index is 6.54. The maximum Gasteiger partial charge on any atom is 0.228 e. The van der Waals surface area contributed by atoms with E-state index in [1.807, 2.05) is 36.4 Å². The van der Waals surface area contributed by atoms with Gasteiger partial charge in [0.15, 0.2) is 5.58 Å². The lowest BCUT2D eigenvalue weighted by Crippen LogP contribution is -2.09. The van der Waals surface area contributed by atoms with Crippen molar-refractivity contribution in [2.45, 2.75) is 0 Å². The lowest BCUT2D eigenvalue weighted by molar-refractivity contribution is 0.623. The molecule has 230 valence electrons. The van der Waals surface area contributed by atoms with E-state index in [1.165, 1.54) is 21.9 Å². The van der Waals surface area contributed by atoms with Crippen LogP contribution in [0.15, 0.2) is 179 Å². The van der Waals surface area contributed by atoms with Gasteiger partial charge in [-0.25, -0.2) is 4.98 Å². The van der Waals surface area contributed by atoms with Crippen molar-refractivity contribution in [3.05, 3.63) is 170 Å². The first-order chi connectivity index (χ1) is 24.3. The fraction of sp³-hybridized carbons (Fsp3) is 0. The van der Waals surface area contributed by atoms with Crippen LogP contribution in [0, 0.1) is 0 Å². The smallest absolute Gasteiger partial charge is 0.228 e. The van der Waals surface area contributed by atoms with Crippen molar-refractivity contribution in [3.8, 4) is 22.6 Å². The summed E-state index contributed by atoms with van der Waals surface area (Å²) in [7, 11) is 0. The largest absolute Gasteiger partial charge is 0.456 e. The minimum Gasteiger partial charge on any atom is -0.456 e. The fourth-order valence-corrected chi connectivity index (χ4v) is 7.10. The van der Waals surface area contributed by atoms with Gasteiger partial charge in [0.25, 0.3) is 0 Å². The highest BCUT2D eigenvalue weighted by atomic mass is 16.3. The Hall–Kier alpha value is -6.65. The number of hydrogen-bond acceptors (Lipinski definition) is 4. The topological polar surface area (TPSA) is 42.4 Å². The summed E-state index contributed by atoms with van der Waals surface area (Å²) in [6.45, 7) is 0. The monoisotopic (exact) mass is 628 g/mol. The van der Waals surface area contributed by atoms with Crippen molar-refractivity contribution in [2.75, 3.05) is 4.90 Å². The molecule has 10 aromatic rings. The summed E-state index contributed by atoms with van der Waals surface area (Å²) in [4.78, 5) is 7.19. The summed E-state index contributed by atoms with van der Waals surface area (Å²) in [5.41, 5.74) is 9.65.